The second kappa shape index (κ2) is 5.77. The molecule has 0 spiro atoms. The van der Waals surface area contributed by atoms with Gasteiger partial charge in [-0.2, -0.15) is 0 Å². The fourth-order valence-corrected chi connectivity index (χ4v) is 3.38. The zero-order valence-corrected chi connectivity index (χ0v) is 12.5. The van der Waals surface area contributed by atoms with E-state index in [4.69, 9.17) is 5.73 Å². The van der Waals surface area contributed by atoms with Gasteiger partial charge >= 0.3 is 0 Å². The molecule has 0 saturated heterocycles. The first-order valence-electron chi connectivity index (χ1n) is 6.84. The molecule has 1 aliphatic carbocycles. The monoisotopic (exact) mass is 282 g/mol. The van der Waals surface area contributed by atoms with Crippen LogP contribution < -0.4 is 16.4 Å². The van der Waals surface area contributed by atoms with Crippen LogP contribution in [-0.4, -0.2) is 23.5 Å². The lowest BCUT2D eigenvalue weighted by Gasteiger charge is -2.19. The lowest BCUT2D eigenvalue weighted by Crippen LogP contribution is -2.37. The molecule has 1 heterocycles. The lowest BCUT2D eigenvalue weighted by molar-refractivity contribution is 0.0932. The molecular formula is C13H22N4OS. The maximum atomic E-state index is 12.2. The van der Waals surface area contributed by atoms with Crippen LogP contribution in [0.25, 0.3) is 0 Å². The van der Waals surface area contributed by atoms with Crippen LogP contribution in [0, 0.1) is 11.8 Å². The summed E-state index contributed by atoms with van der Waals surface area (Å²) < 4.78 is 0. The Labute approximate surface area is 118 Å². The van der Waals surface area contributed by atoms with Crippen molar-refractivity contribution in [1.29, 1.82) is 0 Å². The van der Waals surface area contributed by atoms with E-state index >= 15 is 0 Å². The number of hydrogen-bond acceptors (Lipinski definition) is 5. The smallest absolute Gasteiger partial charge is 0.265 e. The van der Waals surface area contributed by atoms with Gasteiger partial charge in [0.1, 0.15) is 10.7 Å². The second-order valence-corrected chi connectivity index (χ2v) is 6.26. The third kappa shape index (κ3) is 3.00. The summed E-state index contributed by atoms with van der Waals surface area (Å²) >= 11 is 1.32. The van der Waals surface area contributed by atoms with Crippen LogP contribution in [0.4, 0.5) is 10.9 Å². The first kappa shape index (κ1) is 14.1. The molecule has 2 rings (SSSR count). The Morgan fingerprint density at radius 1 is 1.47 bits per heavy atom. The van der Waals surface area contributed by atoms with Crippen LogP contribution in [0.1, 0.15) is 43.3 Å². The molecule has 1 aromatic heterocycles. The first-order valence-corrected chi connectivity index (χ1v) is 7.65. The summed E-state index contributed by atoms with van der Waals surface area (Å²) in [5.41, 5.74) is 5.81. The molecule has 1 amide bonds. The molecule has 4 N–H and O–H groups in total. The summed E-state index contributed by atoms with van der Waals surface area (Å²) in [6.45, 7) is 7.19. The topological polar surface area (TPSA) is 80.0 Å². The average molecular weight is 282 g/mol. The predicted molar refractivity (Wildman–Crippen MR) is 79.5 cm³/mol. The average Bonchev–Trinajstić information content (AvgIpc) is 2.87. The number of nitrogens with one attached hydrogen (secondary N) is 2. The molecule has 3 atom stereocenters. The van der Waals surface area contributed by atoms with E-state index in [0.29, 0.717) is 27.7 Å². The number of carbonyl (C=O) groups is 1. The summed E-state index contributed by atoms with van der Waals surface area (Å²) in [6.07, 6.45) is 2.22. The van der Waals surface area contributed by atoms with Crippen molar-refractivity contribution in [2.24, 2.45) is 11.8 Å². The summed E-state index contributed by atoms with van der Waals surface area (Å²) in [4.78, 5) is 16.9. The van der Waals surface area contributed by atoms with Crippen LogP contribution in [0.3, 0.4) is 0 Å². The molecular weight excluding hydrogens is 260 g/mol. The summed E-state index contributed by atoms with van der Waals surface area (Å²) in [6, 6.07) is 0.256. The van der Waals surface area contributed by atoms with Crippen molar-refractivity contribution in [3.8, 4) is 0 Å². The Bertz CT molecular complexity index is 459. The lowest BCUT2D eigenvalue weighted by atomic mass is 9.98. The minimum Gasteiger partial charge on any atom is -0.382 e. The zero-order valence-electron chi connectivity index (χ0n) is 11.7. The highest BCUT2D eigenvalue weighted by Crippen LogP contribution is 2.32. The number of hydrogen-bond donors (Lipinski definition) is 3. The number of thiazole rings is 1. The van der Waals surface area contributed by atoms with Gasteiger partial charge in [-0.05, 0) is 31.6 Å². The number of nitrogens with two attached hydrogens (primary N) is 1. The van der Waals surface area contributed by atoms with Crippen molar-refractivity contribution in [1.82, 2.24) is 10.3 Å². The van der Waals surface area contributed by atoms with Gasteiger partial charge < -0.3 is 16.4 Å². The Balaban J connectivity index is 2.03. The Kier molecular flexibility index (Phi) is 4.29. The van der Waals surface area contributed by atoms with Crippen molar-refractivity contribution < 1.29 is 4.79 Å². The van der Waals surface area contributed by atoms with Crippen molar-refractivity contribution in [3.63, 3.8) is 0 Å². The first-order chi connectivity index (χ1) is 9.02. The Morgan fingerprint density at radius 3 is 2.79 bits per heavy atom. The SMILES string of the molecule is CCNc1nc(N)c(C(=O)NC2CCC(C)C2C)s1. The van der Waals surface area contributed by atoms with Crippen LogP contribution in [0.15, 0.2) is 0 Å². The molecule has 0 bridgehead atoms. The molecule has 1 aliphatic rings. The molecule has 5 nitrogen and oxygen atoms in total. The summed E-state index contributed by atoms with van der Waals surface area (Å²) in [5, 5.41) is 6.88. The van der Waals surface area contributed by atoms with Gasteiger partial charge in [0.05, 0.1) is 0 Å². The van der Waals surface area contributed by atoms with Gasteiger partial charge in [0.25, 0.3) is 5.91 Å². The molecule has 1 saturated carbocycles. The van der Waals surface area contributed by atoms with Gasteiger partial charge in [0, 0.05) is 12.6 Å². The van der Waals surface area contributed by atoms with E-state index in [9.17, 15) is 4.79 Å². The number of anilines is 2. The van der Waals surface area contributed by atoms with Gasteiger partial charge in [-0.1, -0.05) is 25.2 Å². The molecule has 0 aromatic carbocycles. The van der Waals surface area contributed by atoms with Gasteiger partial charge in [-0.15, -0.1) is 0 Å². The molecule has 6 heteroatoms. The van der Waals surface area contributed by atoms with Gasteiger partial charge in [0.2, 0.25) is 0 Å². The molecule has 3 unspecified atom stereocenters. The van der Waals surface area contributed by atoms with Gasteiger partial charge in [0.15, 0.2) is 5.13 Å². The fraction of sp³-hybridized carbons (Fsp3) is 0.692. The Hall–Kier alpha value is -1.30. The third-order valence-electron chi connectivity index (χ3n) is 3.97. The van der Waals surface area contributed by atoms with Crippen LogP contribution in [-0.2, 0) is 0 Å². The predicted octanol–water partition coefficient (Wildman–Crippen LogP) is 2.32. The van der Waals surface area contributed by atoms with Gasteiger partial charge in [-0.3, -0.25) is 4.79 Å². The minimum absolute atomic E-state index is 0.0925. The van der Waals surface area contributed by atoms with Crippen molar-refractivity contribution >= 4 is 28.2 Å². The maximum Gasteiger partial charge on any atom is 0.265 e. The normalized spacial score (nSPS) is 26.4. The van der Waals surface area contributed by atoms with Crippen LogP contribution in [0.5, 0.6) is 0 Å². The number of aromatic nitrogens is 1. The van der Waals surface area contributed by atoms with E-state index in [1.807, 2.05) is 6.92 Å². The van der Waals surface area contributed by atoms with E-state index < -0.39 is 0 Å². The van der Waals surface area contributed by atoms with Gasteiger partial charge in [-0.25, -0.2) is 4.98 Å². The van der Waals surface area contributed by atoms with E-state index in [-0.39, 0.29) is 11.9 Å². The minimum atomic E-state index is -0.0925. The van der Waals surface area contributed by atoms with Crippen molar-refractivity contribution in [3.05, 3.63) is 4.88 Å². The maximum absolute atomic E-state index is 12.2. The number of carbonyl (C=O) groups excluding carboxylic acids is 1. The van der Waals surface area contributed by atoms with E-state index in [2.05, 4.69) is 29.5 Å². The van der Waals surface area contributed by atoms with Crippen LogP contribution in [0.2, 0.25) is 0 Å². The fourth-order valence-electron chi connectivity index (χ4n) is 2.52. The third-order valence-corrected chi connectivity index (χ3v) is 5.00. The summed E-state index contributed by atoms with van der Waals surface area (Å²) in [5.74, 6) is 1.41. The zero-order chi connectivity index (χ0) is 14.0. The van der Waals surface area contributed by atoms with Crippen molar-refractivity contribution in [2.75, 3.05) is 17.6 Å². The summed E-state index contributed by atoms with van der Waals surface area (Å²) in [7, 11) is 0. The largest absolute Gasteiger partial charge is 0.382 e. The second-order valence-electron chi connectivity index (χ2n) is 5.26. The number of nitrogens with zero attached hydrogens (tertiary/aromatic N) is 1. The molecule has 1 fully saturated rings. The molecule has 1 aromatic rings. The molecule has 19 heavy (non-hydrogen) atoms. The quantitative estimate of drug-likeness (QED) is 0.791. The number of amides is 1. The Morgan fingerprint density at radius 2 is 2.21 bits per heavy atom. The molecule has 106 valence electrons. The standard InChI is InChI=1S/C13H22N4OS/c1-4-15-13-17-11(14)10(19-13)12(18)16-9-6-5-7(2)8(9)3/h7-9H,4-6,14H2,1-3H3,(H,15,17)(H,16,18). The molecule has 0 aliphatic heterocycles. The van der Waals surface area contributed by atoms with E-state index in [0.717, 1.165) is 13.0 Å². The van der Waals surface area contributed by atoms with Crippen molar-refractivity contribution in [2.45, 2.75) is 39.7 Å². The number of rotatable bonds is 4. The highest BCUT2D eigenvalue weighted by Gasteiger charge is 2.31. The highest BCUT2D eigenvalue weighted by atomic mass is 32.1. The van der Waals surface area contributed by atoms with E-state index in [1.54, 1.807) is 0 Å². The highest BCUT2D eigenvalue weighted by molar-refractivity contribution is 7.18. The van der Waals surface area contributed by atoms with Crippen LogP contribution >= 0.6 is 11.3 Å². The van der Waals surface area contributed by atoms with E-state index in [1.165, 1.54) is 17.8 Å². The molecule has 0 radical (unpaired) electrons. The number of nitrogen functional groups attached to an aromatic ring is 1.